The summed E-state index contributed by atoms with van der Waals surface area (Å²) in [6, 6.07) is 27.7. The fourth-order valence-electron chi connectivity index (χ4n) is 5.47. The number of benzene rings is 3. The Hall–Kier alpha value is -4.12. The van der Waals surface area contributed by atoms with E-state index in [1.54, 1.807) is 7.11 Å². The zero-order valence-corrected chi connectivity index (χ0v) is 21.2. The highest BCUT2D eigenvalue weighted by Gasteiger charge is 2.42. The van der Waals surface area contributed by atoms with Crippen LogP contribution in [0, 0.1) is 0 Å². The van der Waals surface area contributed by atoms with E-state index in [9.17, 15) is 9.59 Å². The van der Waals surface area contributed by atoms with Crippen molar-refractivity contribution in [1.29, 1.82) is 0 Å². The highest BCUT2D eigenvalue weighted by molar-refractivity contribution is 6.04. The van der Waals surface area contributed by atoms with Crippen LogP contribution < -0.4 is 10.1 Å². The standard InChI is InChI=1S/C32H31NO4/c1-21-29(32(35)37-18-17-22-11-5-3-6-12-22)30(25-15-9-10-16-28(25)36-2)31-26(33-21)19-24(20-27(31)34)23-13-7-4-8-14-23/h3-16,24,30,33H,17-20H2,1-2H3/t24-,30+/m1/s1. The van der Waals surface area contributed by atoms with Crippen LogP contribution in [0.15, 0.2) is 107 Å². The number of para-hydroxylation sites is 1. The Balaban J connectivity index is 1.49. The summed E-state index contributed by atoms with van der Waals surface area (Å²) in [5, 5.41) is 3.42. The van der Waals surface area contributed by atoms with Crippen molar-refractivity contribution in [2.45, 2.75) is 38.0 Å². The normalized spacial score (nSPS) is 19.2. The average Bonchev–Trinajstić information content (AvgIpc) is 2.93. The summed E-state index contributed by atoms with van der Waals surface area (Å²) in [7, 11) is 1.61. The number of esters is 1. The molecule has 3 aromatic carbocycles. The molecule has 188 valence electrons. The predicted octanol–water partition coefficient (Wildman–Crippen LogP) is 5.84. The molecule has 5 heteroatoms. The molecule has 0 spiro atoms. The van der Waals surface area contributed by atoms with E-state index < -0.39 is 11.9 Å². The van der Waals surface area contributed by atoms with Gasteiger partial charge >= 0.3 is 5.97 Å². The monoisotopic (exact) mass is 493 g/mol. The van der Waals surface area contributed by atoms with Gasteiger partial charge in [-0.2, -0.15) is 0 Å². The molecule has 37 heavy (non-hydrogen) atoms. The van der Waals surface area contributed by atoms with E-state index in [0.717, 1.165) is 22.4 Å². The fraction of sp³-hybridized carbons (Fsp3) is 0.250. The van der Waals surface area contributed by atoms with Gasteiger partial charge in [0.1, 0.15) is 5.75 Å². The molecule has 2 aliphatic rings. The minimum atomic E-state index is -0.555. The Morgan fingerprint density at radius 2 is 1.59 bits per heavy atom. The number of methoxy groups -OCH3 is 1. The topological polar surface area (TPSA) is 64.6 Å². The van der Waals surface area contributed by atoms with E-state index in [2.05, 4.69) is 17.4 Å². The SMILES string of the molecule is COc1ccccc1[C@H]1C(C(=O)OCCc2ccccc2)=C(C)NC2=C1C(=O)C[C@H](c1ccccc1)C2. The van der Waals surface area contributed by atoms with Crippen molar-refractivity contribution in [1.82, 2.24) is 5.32 Å². The van der Waals surface area contributed by atoms with Gasteiger partial charge in [0, 0.05) is 35.4 Å². The van der Waals surface area contributed by atoms with Crippen molar-refractivity contribution in [3.63, 3.8) is 0 Å². The molecule has 0 radical (unpaired) electrons. The number of allylic oxidation sites excluding steroid dienone is 3. The third-order valence-corrected chi connectivity index (χ3v) is 7.24. The molecular weight excluding hydrogens is 462 g/mol. The van der Waals surface area contributed by atoms with Gasteiger partial charge in [-0.15, -0.1) is 0 Å². The van der Waals surface area contributed by atoms with E-state index in [0.29, 0.717) is 41.9 Å². The van der Waals surface area contributed by atoms with Crippen LogP contribution in [-0.4, -0.2) is 25.5 Å². The summed E-state index contributed by atoms with van der Waals surface area (Å²) < 4.78 is 11.5. The number of ketones is 1. The lowest BCUT2D eigenvalue weighted by Crippen LogP contribution is -2.36. The number of carbonyl (C=O) groups is 2. The second-order valence-corrected chi connectivity index (χ2v) is 9.54. The number of Topliss-reactive ketones (excluding diaryl/α,β-unsaturated/α-hetero) is 1. The first-order valence-corrected chi connectivity index (χ1v) is 12.7. The molecule has 5 rings (SSSR count). The number of carbonyl (C=O) groups excluding carboxylic acids is 2. The summed E-state index contributed by atoms with van der Waals surface area (Å²) in [6.07, 6.45) is 1.72. The number of rotatable bonds is 7. The van der Waals surface area contributed by atoms with Crippen LogP contribution in [0.1, 0.15) is 48.3 Å². The molecule has 5 nitrogen and oxygen atoms in total. The largest absolute Gasteiger partial charge is 0.496 e. The molecule has 0 fully saturated rings. The molecule has 0 saturated carbocycles. The quantitative estimate of drug-likeness (QED) is 0.419. The van der Waals surface area contributed by atoms with Gasteiger partial charge in [-0.25, -0.2) is 4.79 Å². The van der Waals surface area contributed by atoms with E-state index in [1.807, 2.05) is 79.7 Å². The van der Waals surface area contributed by atoms with Gasteiger partial charge in [0.2, 0.25) is 0 Å². The van der Waals surface area contributed by atoms with Crippen LogP contribution in [0.2, 0.25) is 0 Å². The first-order valence-electron chi connectivity index (χ1n) is 12.7. The molecule has 0 bridgehead atoms. The van der Waals surface area contributed by atoms with Crippen LogP contribution >= 0.6 is 0 Å². The van der Waals surface area contributed by atoms with Crippen LogP contribution in [0.25, 0.3) is 0 Å². The molecule has 1 aliphatic heterocycles. The Labute approximate surface area is 217 Å². The second-order valence-electron chi connectivity index (χ2n) is 9.54. The van der Waals surface area contributed by atoms with Crippen LogP contribution in [-0.2, 0) is 20.7 Å². The third-order valence-electron chi connectivity index (χ3n) is 7.24. The summed E-state index contributed by atoms with van der Waals surface area (Å²) >= 11 is 0. The summed E-state index contributed by atoms with van der Waals surface area (Å²) in [5.74, 6) is -0.199. The van der Waals surface area contributed by atoms with E-state index in [1.165, 1.54) is 0 Å². The lowest BCUT2D eigenvalue weighted by atomic mass is 9.71. The summed E-state index contributed by atoms with van der Waals surface area (Å²) in [4.78, 5) is 27.3. The van der Waals surface area contributed by atoms with E-state index >= 15 is 0 Å². The van der Waals surface area contributed by atoms with E-state index in [-0.39, 0.29) is 18.3 Å². The molecule has 3 aromatic rings. The average molecular weight is 494 g/mol. The fourth-order valence-corrected chi connectivity index (χ4v) is 5.47. The first kappa shape index (κ1) is 24.6. The minimum Gasteiger partial charge on any atom is -0.496 e. The Morgan fingerprint density at radius 3 is 2.32 bits per heavy atom. The number of ether oxygens (including phenoxy) is 2. The van der Waals surface area contributed by atoms with Crippen molar-refractivity contribution in [2.75, 3.05) is 13.7 Å². The highest BCUT2D eigenvalue weighted by Crippen LogP contribution is 2.47. The Morgan fingerprint density at radius 1 is 0.919 bits per heavy atom. The van der Waals surface area contributed by atoms with Gasteiger partial charge in [0.25, 0.3) is 0 Å². The molecule has 1 aliphatic carbocycles. The van der Waals surface area contributed by atoms with Crippen LogP contribution in [0.4, 0.5) is 0 Å². The van der Waals surface area contributed by atoms with E-state index in [4.69, 9.17) is 9.47 Å². The Kier molecular flexibility index (Phi) is 7.22. The van der Waals surface area contributed by atoms with Gasteiger partial charge in [-0.05, 0) is 36.5 Å². The highest BCUT2D eigenvalue weighted by atomic mass is 16.5. The summed E-state index contributed by atoms with van der Waals surface area (Å²) in [5.41, 5.74) is 5.72. The second kappa shape index (κ2) is 10.9. The number of hydrogen-bond acceptors (Lipinski definition) is 5. The van der Waals surface area contributed by atoms with Crippen molar-refractivity contribution < 1.29 is 19.1 Å². The van der Waals surface area contributed by atoms with Crippen molar-refractivity contribution in [2.24, 2.45) is 0 Å². The maximum absolute atomic E-state index is 13.8. The molecule has 1 N–H and O–H groups in total. The maximum Gasteiger partial charge on any atom is 0.336 e. The van der Waals surface area contributed by atoms with Gasteiger partial charge < -0.3 is 14.8 Å². The minimum absolute atomic E-state index is 0.0422. The number of nitrogens with one attached hydrogen (secondary N) is 1. The molecule has 0 saturated heterocycles. The molecule has 0 unspecified atom stereocenters. The van der Waals surface area contributed by atoms with Crippen LogP contribution in [0.5, 0.6) is 5.75 Å². The van der Waals surface area contributed by atoms with Gasteiger partial charge in [0.05, 0.1) is 25.2 Å². The number of dihydropyridines is 1. The smallest absolute Gasteiger partial charge is 0.336 e. The molecule has 0 aromatic heterocycles. The third kappa shape index (κ3) is 5.08. The summed E-state index contributed by atoms with van der Waals surface area (Å²) in [6.45, 7) is 2.14. The van der Waals surface area contributed by atoms with Crippen LogP contribution in [0.3, 0.4) is 0 Å². The van der Waals surface area contributed by atoms with Crippen molar-refractivity contribution in [3.05, 3.63) is 124 Å². The van der Waals surface area contributed by atoms with Crippen molar-refractivity contribution >= 4 is 11.8 Å². The lowest BCUT2D eigenvalue weighted by Gasteiger charge is -2.37. The maximum atomic E-state index is 13.8. The zero-order valence-electron chi connectivity index (χ0n) is 21.2. The molecule has 1 heterocycles. The molecule has 0 amide bonds. The number of hydrogen-bond donors (Lipinski definition) is 1. The van der Waals surface area contributed by atoms with Gasteiger partial charge in [-0.1, -0.05) is 78.9 Å². The zero-order chi connectivity index (χ0) is 25.8. The molecule has 2 atom stereocenters. The lowest BCUT2D eigenvalue weighted by molar-refractivity contribution is -0.139. The predicted molar refractivity (Wildman–Crippen MR) is 143 cm³/mol. The van der Waals surface area contributed by atoms with Crippen molar-refractivity contribution in [3.8, 4) is 5.75 Å². The molecular formula is C32H31NO4. The first-order chi connectivity index (χ1) is 18.1. The van der Waals surface area contributed by atoms with Gasteiger partial charge in [-0.3, -0.25) is 4.79 Å². The van der Waals surface area contributed by atoms with Gasteiger partial charge in [0.15, 0.2) is 5.78 Å². The Bertz CT molecular complexity index is 1360.